The van der Waals surface area contributed by atoms with Crippen LogP contribution in [0.3, 0.4) is 0 Å². The maximum Gasteiger partial charge on any atom is 0.203 e. The number of unbranched alkanes of at least 4 members (excludes halogenated alkanes) is 6. The van der Waals surface area contributed by atoms with Crippen LogP contribution in [0.4, 0.5) is 0 Å². The number of sulfone groups is 2. The number of aryl methyl sites for hydroxylation is 2. The van der Waals surface area contributed by atoms with Gasteiger partial charge in [0, 0.05) is 87.6 Å². The minimum absolute atomic E-state index is 0.0456. The average Bonchev–Trinajstić information content (AvgIpc) is 1.33. The van der Waals surface area contributed by atoms with Crippen LogP contribution >= 0.6 is 0 Å². The molecule has 6 aromatic rings. The molecular weight excluding hydrogens is 1290 g/mol. The van der Waals surface area contributed by atoms with E-state index < -0.39 is 19.7 Å². The number of para-hydroxylation sites is 2. The second-order valence-electron chi connectivity index (χ2n) is 28.1. The molecule has 2 aromatic heterocycles. The third-order valence-electron chi connectivity index (χ3n) is 16.7. The second kappa shape index (κ2) is 49.6. The Balaban J connectivity index is 0.00000114. The van der Waals surface area contributed by atoms with Gasteiger partial charge in [0.05, 0.1) is 36.7 Å². The van der Waals surface area contributed by atoms with E-state index in [9.17, 15) is 40.8 Å². The Hall–Kier alpha value is -6.91. The molecule has 560 valence electrons. The summed E-state index contributed by atoms with van der Waals surface area (Å²) in [5.74, 6) is 5.31. The molecule has 0 atom stereocenters. The fourth-order valence-corrected chi connectivity index (χ4v) is 11.4. The average molecular weight is 1420 g/mol. The summed E-state index contributed by atoms with van der Waals surface area (Å²) < 4.78 is 60.3. The van der Waals surface area contributed by atoms with Crippen molar-refractivity contribution in [2.75, 3.05) is 27.1 Å². The maximum absolute atomic E-state index is 11.9. The Bertz CT molecular complexity index is 3620. The first kappa shape index (κ1) is 93.1. The highest BCUT2D eigenvalue weighted by molar-refractivity contribution is 7.92. The Labute approximate surface area is 605 Å². The van der Waals surface area contributed by atoms with Gasteiger partial charge in [0.2, 0.25) is 5.75 Å². The number of H-pyrrole nitrogens is 2. The van der Waals surface area contributed by atoms with Crippen LogP contribution in [0.5, 0.6) is 17.2 Å². The van der Waals surface area contributed by atoms with Gasteiger partial charge >= 0.3 is 0 Å². The van der Waals surface area contributed by atoms with Gasteiger partial charge in [0.25, 0.3) is 0 Å². The normalized spacial score (nSPS) is 11.8. The van der Waals surface area contributed by atoms with Crippen molar-refractivity contribution >= 4 is 70.4 Å². The molecule has 2 heterocycles. The number of nitrogens with one attached hydrogen (secondary N) is 2. The number of methoxy groups -OCH3 is 3. The minimum Gasteiger partial charge on any atom is -0.493 e. The molecular formula is C84H130N2O12S2. The van der Waals surface area contributed by atoms with Crippen molar-refractivity contribution in [2.24, 2.45) is 35.5 Å². The van der Waals surface area contributed by atoms with Crippen molar-refractivity contribution in [3.05, 3.63) is 143 Å². The Morgan fingerprint density at radius 1 is 0.550 bits per heavy atom. The molecule has 7 rings (SSSR count). The van der Waals surface area contributed by atoms with Crippen molar-refractivity contribution in [1.29, 1.82) is 0 Å². The predicted octanol–water partition coefficient (Wildman–Crippen LogP) is 21.6. The molecule has 1 fully saturated rings. The summed E-state index contributed by atoms with van der Waals surface area (Å²) in [7, 11) is -1.24. The summed E-state index contributed by atoms with van der Waals surface area (Å²) >= 11 is 0. The molecule has 16 heteroatoms. The highest BCUT2D eigenvalue weighted by Crippen LogP contribution is 2.39. The number of aromatic nitrogens is 2. The van der Waals surface area contributed by atoms with Crippen molar-refractivity contribution in [3.8, 4) is 17.2 Å². The van der Waals surface area contributed by atoms with Crippen LogP contribution in [0.15, 0.2) is 126 Å². The molecule has 0 bridgehead atoms. The number of hydrogen-bond acceptors (Lipinski definition) is 12. The number of allylic oxidation sites excluding steroid dienone is 4. The molecule has 0 spiro atoms. The molecule has 0 amide bonds. The molecule has 14 nitrogen and oxygen atoms in total. The standard InChI is InChI=1S/C14H17NO.C13H18O4.C13H26O.C12H13NO.C11H18O.C10H14O2S.C6H12.C5H12O2S/c1-10(2)14(16)8-7-11-9-15-13-6-4-3-5-12(11)13;1-8(2)12(14)9-6-10(15-3)13(17-5)11(7-9)16-4;1-4-5-6-7-8-9-10-11-13(14)12(2)3;1-8(2)12(14)10-7-13-11-6-4-3-5-9(10)11;1-9(2)6-5-7-10(3)8-11(4)12;1-8(2)13(11,12)10-6-4-9(3)5-7-10;1-5(2)6-3-4-6;1-4-8(6,7)5(2)3/h3-6,9-10,15H,7-8H2,1-2H3;6-8H,1-5H3;12H,4-11H2,1-3H3;3-8,13H,1-2H3;6,8H,5,7H2,1-4H3;4-8H,1-3H3;5-6H,3-4H2,1-2H3;5H,4H2,1-3H3/b;;;;10-8+;;;. The van der Waals surface area contributed by atoms with Gasteiger partial charge in [0.1, 0.15) is 11.6 Å². The van der Waals surface area contributed by atoms with E-state index in [0.29, 0.717) is 45.7 Å². The number of carbonyl (C=O) groups is 5. The largest absolute Gasteiger partial charge is 0.493 e. The van der Waals surface area contributed by atoms with E-state index >= 15 is 0 Å². The quantitative estimate of drug-likeness (QED) is 0.0194. The van der Waals surface area contributed by atoms with Gasteiger partial charge in [0.15, 0.2) is 48.5 Å². The number of fused-ring (bicyclic) bond motifs is 2. The zero-order valence-corrected chi connectivity index (χ0v) is 67.5. The van der Waals surface area contributed by atoms with E-state index in [-0.39, 0.29) is 57.3 Å². The summed E-state index contributed by atoms with van der Waals surface area (Å²) in [6, 6.07) is 26.4. The van der Waals surface area contributed by atoms with E-state index in [2.05, 4.69) is 62.8 Å². The lowest BCUT2D eigenvalue weighted by Crippen LogP contribution is -2.15. The first-order chi connectivity index (χ1) is 46.9. The van der Waals surface area contributed by atoms with Crippen molar-refractivity contribution < 1.29 is 55.0 Å². The van der Waals surface area contributed by atoms with Crippen molar-refractivity contribution in [1.82, 2.24) is 9.97 Å². The lowest BCUT2D eigenvalue weighted by atomic mass is 10.0. The number of rotatable bonds is 29. The molecule has 0 aliphatic heterocycles. The van der Waals surface area contributed by atoms with E-state index in [1.54, 1.807) is 78.1 Å². The molecule has 0 radical (unpaired) electrons. The van der Waals surface area contributed by atoms with Crippen molar-refractivity contribution in [3.63, 3.8) is 0 Å². The third kappa shape index (κ3) is 37.1. The topological polar surface area (TPSA) is 213 Å². The lowest BCUT2D eigenvalue weighted by molar-refractivity contribution is -0.122. The highest BCUT2D eigenvalue weighted by Gasteiger charge is 2.24. The molecule has 1 saturated carbocycles. The van der Waals surface area contributed by atoms with Gasteiger partial charge in [-0.2, -0.15) is 0 Å². The van der Waals surface area contributed by atoms with Crippen LogP contribution in [-0.4, -0.2) is 93.3 Å². The SMILES string of the molecule is CC(=O)/C=C(\C)CCC=C(C)C.CC(C)C(=O)CCc1c[nH]c2ccccc12.CC(C)C(=O)c1c[nH]c2ccccc12.CC(C)C1CC1.CCCCCCCCCC(=O)C(C)C.CCS(=O)(=O)C(C)C.COc1cc(C(=O)C(C)C)cc(OC)c1OC.Cc1ccc(S(=O)(=O)C(C)C)cc1. The molecule has 0 saturated heterocycles. The molecule has 2 N–H and O–H groups in total. The Kier molecular flexibility index (Phi) is 46.2. The molecule has 0 unspecified atom stereocenters. The number of ketones is 5. The van der Waals surface area contributed by atoms with Crippen LogP contribution in [0.1, 0.15) is 254 Å². The van der Waals surface area contributed by atoms with Gasteiger partial charge in [-0.15, -0.1) is 0 Å². The van der Waals surface area contributed by atoms with Gasteiger partial charge < -0.3 is 24.2 Å². The molecule has 100 heavy (non-hydrogen) atoms. The molecule has 1 aliphatic rings. The highest BCUT2D eigenvalue weighted by atomic mass is 32.2. The number of hydrogen-bond donors (Lipinski definition) is 2. The van der Waals surface area contributed by atoms with E-state index in [0.717, 1.165) is 71.5 Å². The van der Waals surface area contributed by atoms with Crippen LogP contribution in [0, 0.1) is 42.4 Å². The summed E-state index contributed by atoms with van der Waals surface area (Å²) in [6.45, 7) is 40.4. The number of ether oxygens (including phenoxy) is 3. The molecule has 1 aliphatic carbocycles. The smallest absolute Gasteiger partial charge is 0.203 e. The number of Topliss-reactive ketones (excluding diaryl/α,β-unsaturated/α-hetero) is 4. The zero-order valence-electron chi connectivity index (χ0n) is 65.8. The summed E-state index contributed by atoms with van der Waals surface area (Å²) in [5, 5.41) is 1.69. The van der Waals surface area contributed by atoms with Crippen LogP contribution in [-0.2, 0) is 40.5 Å². The van der Waals surface area contributed by atoms with E-state index in [1.807, 2.05) is 124 Å². The Morgan fingerprint density at radius 2 is 1.03 bits per heavy atom. The van der Waals surface area contributed by atoms with Gasteiger partial charge in [-0.25, -0.2) is 16.8 Å². The third-order valence-corrected chi connectivity index (χ3v) is 21.1. The van der Waals surface area contributed by atoms with Gasteiger partial charge in [-0.3, -0.25) is 24.0 Å². The second-order valence-corrected chi connectivity index (χ2v) is 33.4. The summed E-state index contributed by atoms with van der Waals surface area (Å²) in [6.07, 6.45) is 24.1. The fourth-order valence-electron chi connectivity index (χ4n) is 9.68. The summed E-state index contributed by atoms with van der Waals surface area (Å²) in [4.78, 5) is 64.0. The first-order valence-electron chi connectivity index (χ1n) is 36.3. The number of carbonyl (C=O) groups excluding carboxylic acids is 5. The van der Waals surface area contributed by atoms with Gasteiger partial charge in [-0.1, -0.05) is 193 Å². The first-order valence-corrected chi connectivity index (χ1v) is 39.5. The number of benzene rings is 4. The lowest BCUT2D eigenvalue weighted by Gasteiger charge is -2.14. The molecule has 4 aromatic carbocycles. The van der Waals surface area contributed by atoms with Crippen LogP contribution in [0.2, 0.25) is 0 Å². The predicted molar refractivity (Wildman–Crippen MR) is 420 cm³/mol. The summed E-state index contributed by atoms with van der Waals surface area (Å²) in [5.41, 5.74) is 8.36. The number of aromatic amines is 2. The maximum atomic E-state index is 11.9. The van der Waals surface area contributed by atoms with Crippen LogP contribution < -0.4 is 14.2 Å². The fraction of sp³-hybridized carbons (Fsp3) is 0.560. The van der Waals surface area contributed by atoms with Crippen molar-refractivity contribution in [2.45, 2.75) is 251 Å². The Morgan fingerprint density at radius 3 is 1.44 bits per heavy atom. The van der Waals surface area contributed by atoms with Gasteiger partial charge in [-0.05, 0) is 161 Å². The monoisotopic (exact) mass is 1420 g/mol. The van der Waals surface area contributed by atoms with E-state index in [1.165, 1.54) is 94.8 Å². The minimum atomic E-state index is -3.09. The van der Waals surface area contributed by atoms with Crippen LogP contribution in [0.25, 0.3) is 21.8 Å². The zero-order chi connectivity index (χ0) is 76.5. The van der Waals surface area contributed by atoms with E-state index in [4.69, 9.17) is 14.2 Å².